The van der Waals surface area contributed by atoms with Crippen LogP contribution in [0.5, 0.6) is 0 Å². The van der Waals surface area contributed by atoms with Crippen LogP contribution >= 0.6 is 0 Å². The summed E-state index contributed by atoms with van der Waals surface area (Å²) in [5, 5.41) is 3.33. The van der Waals surface area contributed by atoms with Crippen LogP contribution in [0.1, 0.15) is 74.7 Å². The highest BCUT2D eigenvalue weighted by molar-refractivity contribution is 5.75. The number of rotatable bonds is 7. The van der Waals surface area contributed by atoms with Crippen molar-refractivity contribution in [1.82, 2.24) is 10.2 Å². The van der Waals surface area contributed by atoms with E-state index in [1.807, 2.05) is 53.5 Å². The highest BCUT2D eigenvalue weighted by Gasteiger charge is 2.25. The number of carbonyl (C=O) groups excluding carboxylic acids is 1. The molecule has 1 atom stereocenters. The molecule has 118 valence electrons. The normalized spacial score (nSPS) is 12.3. The Hall–Kier alpha value is -0.570. The van der Waals surface area contributed by atoms with Crippen molar-refractivity contribution >= 4 is 5.91 Å². The number of nitrogens with zero attached hydrogens (tertiary/aromatic N) is 1. The lowest BCUT2D eigenvalue weighted by molar-refractivity contribution is -0.131. The minimum absolute atomic E-state index is 0.0512. The molecule has 0 aliphatic rings. The zero-order valence-electron chi connectivity index (χ0n) is 14.9. The van der Waals surface area contributed by atoms with Crippen LogP contribution in [0.25, 0.3) is 0 Å². The van der Waals surface area contributed by atoms with Gasteiger partial charge in [-0.25, -0.2) is 0 Å². The summed E-state index contributed by atoms with van der Waals surface area (Å²) in [6.45, 7) is 17.9. The molecule has 0 radical (unpaired) electrons. The molecule has 0 saturated heterocycles. The predicted molar refractivity (Wildman–Crippen MR) is 87.6 cm³/mol. The van der Waals surface area contributed by atoms with E-state index in [2.05, 4.69) is 19.2 Å². The maximum absolute atomic E-state index is 11.6. The van der Waals surface area contributed by atoms with Gasteiger partial charge < -0.3 is 10.2 Å². The number of nitrogens with one attached hydrogen (secondary N) is 1. The molecule has 0 aromatic heterocycles. The van der Waals surface area contributed by atoms with Crippen LogP contribution in [0.4, 0.5) is 0 Å². The fraction of sp³-hybridized carbons (Fsp3) is 0.938. The Labute approximate surface area is 122 Å². The molecule has 0 heterocycles. The number of hydrogen-bond acceptors (Lipinski definition) is 2. The molecule has 1 amide bonds. The van der Waals surface area contributed by atoms with Crippen LogP contribution in [0.15, 0.2) is 0 Å². The van der Waals surface area contributed by atoms with Gasteiger partial charge in [0.05, 0.1) is 0 Å². The van der Waals surface area contributed by atoms with Crippen molar-refractivity contribution in [3.8, 4) is 0 Å². The molecule has 0 saturated carbocycles. The SMILES string of the molecule is CC.CC.CCCC(C)(CN(CC)C(=O)CC)NC. The van der Waals surface area contributed by atoms with Gasteiger partial charge in [-0.3, -0.25) is 4.79 Å². The van der Waals surface area contributed by atoms with Gasteiger partial charge in [-0.1, -0.05) is 48.0 Å². The first-order valence-electron chi connectivity index (χ1n) is 7.99. The average Bonchev–Trinajstić information content (AvgIpc) is 2.48. The maximum Gasteiger partial charge on any atom is 0.222 e. The van der Waals surface area contributed by atoms with Crippen molar-refractivity contribution in [2.75, 3.05) is 20.1 Å². The number of likely N-dealkylation sites (N-methyl/N-ethyl adjacent to an activating group) is 2. The molecule has 0 fully saturated rings. The van der Waals surface area contributed by atoms with E-state index in [0.717, 1.165) is 25.9 Å². The molecule has 3 nitrogen and oxygen atoms in total. The van der Waals surface area contributed by atoms with Crippen LogP contribution in [0.3, 0.4) is 0 Å². The van der Waals surface area contributed by atoms with Gasteiger partial charge >= 0.3 is 0 Å². The summed E-state index contributed by atoms with van der Waals surface area (Å²) in [7, 11) is 1.97. The van der Waals surface area contributed by atoms with E-state index < -0.39 is 0 Å². The van der Waals surface area contributed by atoms with E-state index in [1.165, 1.54) is 0 Å². The Balaban J connectivity index is -0.000000579. The van der Waals surface area contributed by atoms with Gasteiger partial charge in [-0.05, 0) is 27.3 Å². The van der Waals surface area contributed by atoms with E-state index in [9.17, 15) is 4.79 Å². The molecule has 1 unspecified atom stereocenters. The summed E-state index contributed by atoms with van der Waals surface area (Å²) in [4.78, 5) is 13.6. The van der Waals surface area contributed by atoms with Crippen molar-refractivity contribution in [3.05, 3.63) is 0 Å². The van der Waals surface area contributed by atoms with Crippen LogP contribution < -0.4 is 5.32 Å². The molecule has 19 heavy (non-hydrogen) atoms. The molecule has 0 aromatic rings. The van der Waals surface area contributed by atoms with Crippen molar-refractivity contribution in [2.24, 2.45) is 0 Å². The van der Waals surface area contributed by atoms with Gasteiger partial charge in [-0.2, -0.15) is 0 Å². The van der Waals surface area contributed by atoms with E-state index in [4.69, 9.17) is 0 Å². The Kier molecular flexibility index (Phi) is 19.2. The van der Waals surface area contributed by atoms with Crippen LogP contribution in [0, 0.1) is 0 Å². The quantitative estimate of drug-likeness (QED) is 0.759. The second kappa shape index (κ2) is 15.5. The summed E-state index contributed by atoms with van der Waals surface area (Å²) in [5.41, 5.74) is 0.0512. The highest BCUT2D eigenvalue weighted by atomic mass is 16.2. The first-order valence-corrected chi connectivity index (χ1v) is 7.99. The molecule has 0 aromatic carbocycles. The minimum atomic E-state index is 0.0512. The fourth-order valence-electron chi connectivity index (χ4n) is 1.86. The fourth-order valence-corrected chi connectivity index (χ4v) is 1.86. The van der Waals surface area contributed by atoms with Gasteiger partial charge in [0.1, 0.15) is 0 Å². The van der Waals surface area contributed by atoms with Crippen molar-refractivity contribution in [1.29, 1.82) is 0 Å². The summed E-state index contributed by atoms with van der Waals surface area (Å²) in [6.07, 6.45) is 2.83. The van der Waals surface area contributed by atoms with Crippen LogP contribution in [-0.2, 0) is 4.79 Å². The molecule has 0 spiro atoms. The van der Waals surface area contributed by atoms with E-state index >= 15 is 0 Å². The molecule has 0 bridgehead atoms. The van der Waals surface area contributed by atoms with Crippen molar-refractivity contribution in [2.45, 2.75) is 80.2 Å². The van der Waals surface area contributed by atoms with Crippen LogP contribution in [-0.4, -0.2) is 36.5 Å². The zero-order valence-corrected chi connectivity index (χ0v) is 14.9. The molecule has 1 N–H and O–H groups in total. The monoisotopic (exact) mass is 274 g/mol. The van der Waals surface area contributed by atoms with Gasteiger partial charge in [0.25, 0.3) is 0 Å². The lowest BCUT2D eigenvalue weighted by atomic mass is 9.95. The number of carbonyl (C=O) groups is 1. The second-order valence-electron chi connectivity index (χ2n) is 4.32. The Morgan fingerprint density at radius 3 is 1.84 bits per heavy atom. The maximum atomic E-state index is 11.6. The largest absolute Gasteiger partial charge is 0.341 e. The third-order valence-corrected chi connectivity index (χ3v) is 2.98. The first kappa shape index (κ1) is 23.5. The van der Waals surface area contributed by atoms with E-state index in [0.29, 0.717) is 6.42 Å². The zero-order chi connectivity index (χ0) is 15.9. The van der Waals surface area contributed by atoms with Crippen molar-refractivity contribution in [3.63, 3.8) is 0 Å². The smallest absolute Gasteiger partial charge is 0.222 e. The second-order valence-corrected chi connectivity index (χ2v) is 4.32. The Bertz CT molecular complexity index is 195. The van der Waals surface area contributed by atoms with Gasteiger partial charge in [0.2, 0.25) is 5.91 Å². The average molecular weight is 274 g/mol. The molecule has 3 heteroatoms. The molecular weight excluding hydrogens is 236 g/mol. The topological polar surface area (TPSA) is 32.3 Å². The lowest BCUT2D eigenvalue weighted by Crippen LogP contribution is -2.51. The van der Waals surface area contributed by atoms with Gasteiger partial charge in [0.15, 0.2) is 0 Å². The van der Waals surface area contributed by atoms with Crippen LogP contribution in [0.2, 0.25) is 0 Å². The molecule has 0 rings (SSSR count). The predicted octanol–water partition coefficient (Wildman–Crippen LogP) is 4.08. The summed E-state index contributed by atoms with van der Waals surface area (Å²) in [6, 6.07) is 0. The highest BCUT2D eigenvalue weighted by Crippen LogP contribution is 2.14. The Morgan fingerprint density at radius 1 is 1.11 bits per heavy atom. The Morgan fingerprint density at radius 2 is 1.58 bits per heavy atom. The summed E-state index contributed by atoms with van der Waals surface area (Å²) in [5.74, 6) is 0.245. The van der Waals surface area contributed by atoms with E-state index in [1.54, 1.807) is 0 Å². The number of hydrogen-bond donors (Lipinski definition) is 1. The third kappa shape index (κ3) is 11.0. The standard InChI is InChI=1S/C12H26N2O.2C2H6/c1-6-9-12(4,13-5)10-14(8-3)11(15)7-2;2*1-2/h13H,6-10H2,1-5H3;2*1-2H3. The van der Waals surface area contributed by atoms with Gasteiger partial charge in [-0.15, -0.1) is 0 Å². The van der Waals surface area contributed by atoms with Gasteiger partial charge in [0, 0.05) is 25.0 Å². The molecule has 0 aliphatic heterocycles. The van der Waals surface area contributed by atoms with Crippen molar-refractivity contribution < 1.29 is 4.79 Å². The molecule has 0 aliphatic carbocycles. The molecular formula is C16H38N2O. The number of amides is 1. The first-order chi connectivity index (χ1) is 9.02. The third-order valence-electron chi connectivity index (χ3n) is 2.98. The minimum Gasteiger partial charge on any atom is -0.341 e. The van der Waals surface area contributed by atoms with E-state index in [-0.39, 0.29) is 11.4 Å². The summed E-state index contributed by atoms with van der Waals surface area (Å²) < 4.78 is 0. The lowest BCUT2D eigenvalue weighted by Gasteiger charge is -2.35. The summed E-state index contributed by atoms with van der Waals surface area (Å²) >= 11 is 0.